The fourth-order valence-electron chi connectivity index (χ4n) is 2.78. The molecule has 0 atom stereocenters. The van der Waals surface area contributed by atoms with Crippen molar-refractivity contribution >= 4 is 22.4 Å². The second-order valence-electron chi connectivity index (χ2n) is 5.77. The largest absolute Gasteiger partial charge is 0.490 e. The number of hydrogen-bond acceptors (Lipinski definition) is 7. The van der Waals surface area contributed by atoms with E-state index < -0.39 is 0 Å². The molecule has 25 heavy (non-hydrogen) atoms. The van der Waals surface area contributed by atoms with E-state index in [0.29, 0.717) is 18.3 Å². The van der Waals surface area contributed by atoms with Crippen LogP contribution in [-0.2, 0) is 4.79 Å². The van der Waals surface area contributed by atoms with Crippen LogP contribution in [0.15, 0.2) is 29.8 Å². The maximum atomic E-state index is 12.0. The summed E-state index contributed by atoms with van der Waals surface area (Å²) >= 11 is 1.32. The van der Waals surface area contributed by atoms with Crippen molar-refractivity contribution in [3.05, 3.63) is 29.8 Å². The molecule has 1 saturated heterocycles. The zero-order chi connectivity index (χ0) is 17.5. The van der Waals surface area contributed by atoms with Crippen molar-refractivity contribution in [3.63, 3.8) is 0 Å². The number of nitrogens with zero attached hydrogens (tertiary/aromatic N) is 3. The van der Waals surface area contributed by atoms with E-state index in [0.717, 1.165) is 37.4 Å². The van der Waals surface area contributed by atoms with Crippen LogP contribution in [0.1, 0.15) is 19.8 Å². The SMILES string of the molecule is CCOc1ccccc1OC1CCN(CC(=O)Nc2nncs2)CC1. The Balaban J connectivity index is 1.45. The van der Waals surface area contributed by atoms with Crippen molar-refractivity contribution in [3.8, 4) is 11.5 Å². The molecule has 134 valence electrons. The van der Waals surface area contributed by atoms with Gasteiger partial charge in [0.2, 0.25) is 11.0 Å². The van der Waals surface area contributed by atoms with E-state index >= 15 is 0 Å². The standard InChI is InChI=1S/C17H22N4O3S/c1-2-23-14-5-3-4-6-15(14)24-13-7-9-21(10-8-13)11-16(22)19-17-20-18-12-25-17/h3-6,12-13H,2,7-11H2,1H3,(H,19,20,22). The van der Waals surface area contributed by atoms with Crippen LogP contribution in [0.4, 0.5) is 5.13 Å². The van der Waals surface area contributed by atoms with Gasteiger partial charge < -0.3 is 9.47 Å². The van der Waals surface area contributed by atoms with Gasteiger partial charge in [-0.1, -0.05) is 23.5 Å². The average Bonchev–Trinajstić information content (AvgIpc) is 3.11. The number of benzene rings is 1. The summed E-state index contributed by atoms with van der Waals surface area (Å²) < 4.78 is 11.7. The third-order valence-electron chi connectivity index (χ3n) is 3.95. The Morgan fingerprint density at radius 2 is 2.08 bits per heavy atom. The Labute approximate surface area is 151 Å². The minimum Gasteiger partial charge on any atom is -0.490 e. The quantitative estimate of drug-likeness (QED) is 0.815. The number of para-hydroxylation sites is 2. The van der Waals surface area contributed by atoms with Crippen molar-refractivity contribution in [2.75, 3.05) is 31.6 Å². The number of piperidine rings is 1. The van der Waals surface area contributed by atoms with Gasteiger partial charge in [0.05, 0.1) is 13.2 Å². The van der Waals surface area contributed by atoms with Gasteiger partial charge in [-0.2, -0.15) is 0 Å². The van der Waals surface area contributed by atoms with Gasteiger partial charge >= 0.3 is 0 Å². The van der Waals surface area contributed by atoms with Gasteiger partial charge in [0.25, 0.3) is 0 Å². The summed E-state index contributed by atoms with van der Waals surface area (Å²) in [7, 11) is 0. The topological polar surface area (TPSA) is 76.6 Å². The molecular formula is C17H22N4O3S. The van der Waals surface area contributed by atoms with Gasteiger partial charge in [-0.3, -0.25) is 15.0 Å². The van der Waals surface area contributed by atoms with Crippen LogP contribution in [0.25, 0.3) is 0 Å². The summed E-state index contributed by atoms with van der Waals surface area (Å²) in [6, 6.07) is 7.75. The third-order valence-corrected chi connectivity index (χ3v) is 4.56. The molecule has 1 fully saturated rings. The van der Waals surface area contributed by atoms with Gasteiger partial charge in [0.1, 0.15) is 11.6 Å². The van der Waals surface area contributed by atoms with Gasteiger partial charge in [-0.25, -0.2) is 0 Å². The van der Waals surface area contributed by atoms with Crippen molar-refractivity contribution in [1.82, 2.24) is 15.1 Å². The zero-order valence-electron chi connectivity index (χ0n) is 14.2. The molecule has 1 aliphatic heterocycles. The molecule has 8 heteroatoms. The molecule has 0 radical (unpaired) electrons. The summed E-state index contributed by atoms with van der Waals surface area (Å²) in [5.41, 5.74) is 1.60. The van der Waals surface area contributed by atoms with E-state index in [1.165, 1.54) is 11.3 Å². The number of nitrogens with one attached hydrogen (secondary N) is 1. The zero-order valence-corrected chi connectivity index (χ0v) is 15.0. The molecule has 1 N–H and O–H groups in total. The molecule has 1 aromatic carbocycles. The minimum atomic E-state index is -0.0576. The van der Waals surface area contributed by atoms with E-state index in [2.05, 4.69) is 20.4 Å². The molecule has 0 spiro atoms. The number of aromatic nitrogens is 2. The van der Waals surface area contributed by atoms with Crippen LogP contribution in [0.2, 0.25) is 0 Å². The summed E-state index contributed by atoms with van der Waals surface area (Å²) in [4.78, 5) is 14.1. The maximum Gasteiger partial charge on any atom is 0.240 e. The maximum absolute atomic E-state index is 12.0. The number of rotatable bonds is 7. The van der Waals surface area contributed by atoms with Crippen molar-refractivity contribution < 1.29 is 14.3 Å². The smallest absolute Gasteiger partial charge is 0.240 e. The van der Waals surface area contributed by atoms with E-state index in [1.54, 1.807) is 5.51 Å². The molecule has 1 amide bonds. The number of carbonyl (C=O) groups excluding carboxylic acids is 1. The summed E-state index contributed by atoms with van der Waals surface area (Å²) in [5.74, 6) is 1.51. The number of ether oxygens (including phenoxy) is 2. The van der Waals surface area contributed by atoms with Crippen molar-refractivity contribution in [1.29, 1.82) is 0 Å². The van der Waals surface area contributed by atoms with Crippen LogP contribution < -0.4 is 14.8 Å². The van der Waals surface area contributed by atoms with Gasteiger partial charge in [-0.05, 0) is 31.9 Å². The summed E-state index contributed by atoms with van der Waals surface area (Å²) in [6.07, 6.45) is 1.91. The highest BCUT2D eigenvalue weighted by molar-refractivity contribution is 7.13. The van der Waals surface area contributed by atoms with Crippen molar-refractivity contribution in [2.24, 2.45) is 0 Å². The molecule has 2 heterocycles. The second kappa shape index (κ2) is 8.77. The Kier molecular flexibility index (Phi) is 6.19. The lowest BCUT2D eigenvalue weighted by molar-refractivity contribution is -0.117. The van der Waals surface area contributed by atoms with Crippen LogP contribution in [0.3, 0.4) is 0 Å². The van der Waals surface area contributed by atoms with Gasteiger partial charge in [0, 0.05) is 13.1 Å². The van der Waals surface area contributed by atoms with Crippen LogP contribution in [0.5, 0.6) is 11.5 Å². The first-order valence-corrected chi connectivity index (χ1v) is 9.29. The molecule has 1 aromatic heterocycles. The lowest BCUT2D eigenvalue weighted by atomic mass is 10.1. The van der Waals surface area contributed by atoms with Crippen LogP contribution in [0, 0.1) is 0 Å². The fourth-order valence-corrected chi connectivity index (χ4v) is 3.24. The third kappa shape index (κ3) is 5.14. The highest BCUT2D eigenvalue weighted by Gasteiger charge is 2.23. The second-order valence-corrected chi connectivity index (χ2v) is 6.60. The molecular weight excluding hydrogens is 340 g/mol. The van der Waals surface area contributed by atoms with Crippen LogP contribution >= 0.6 is 11.3 Å². The number of amides is 1. The lowest BCUT2D eigenvalue weighted by Gasteiger charge is -2.31. The normalized spacial score (nSPS) is 15.7. The molecule has 2 aromatic rings. The Hall–Kier alpha value is -2.19. The monoisotopic (exact) mass is 362 g/mol. The average molecular weight is 362 g/mol. The number of carbonyl (C=O) groups is 1. The molecule has 0 aliphatic carbocycles. The molecule has 1 aliphatic rings. The van der Waals surface area contributed by atoms with Gasteiger partial charge in [0.15, 0.2) is 11.5 Å². The van der Waals surface area contributed by atoms with Crippen molar-refractivity contribution in [2.45, 2.75) is 25.9 Å². The van der Waals surface area contributed by atoms with Gasteiger partial charge in [-0.15, -0.1) is 10.2 Å². The summed E-state index contributed by atoms with van der Waals surface area (Å²) in [5, 5.41) is 10.8. The van der Waals surface area contributed by atoms with Crippen LogP contribution in [-0.4, -0.2) is 53.3 Å². The molecule has 0 unspecified atom stereocenters. The Morgan fingerprint density at radius 1 is 1.32 bits per heavy atom. The first-order chi connectivity index (χ1) is 12.2. The predicted molar refractivity (Wildman–Crippen MR) is 96.2 cm³/mol. The predicted octanol–water partition coefficient (Wildman–Crippen LogP) is 2.42. The van der Waals surface area contributed by atoms with E-state index in [-0.39, 0.29) is 12.0 Å². The molecule has 7 nitrogen and oxygen atoms in total. The Morgan fingerprint density at radius 3 is 2.76 bits per heavy atom. The molecule has 3 rings (SSSR count). The summed E-state index contributed by atoms with van der Waals surface area (Å²) in [6.45, 7) is 4.59. The molecule has 0 saturated carbocycles. The first kappa shape index (κ1) is 17.6. The number of anilines is 1. The number of hydrogen-bond donors (Lipinski definition) is 1. The highest BCUT2D eigenvalue weighted by Crippen LogP contribution is 2.29. The minimum absolute atomic E-state index is 0.0576. The fraction of sp³-hybridized carbons (Fsp3) is 0.471. The highest BCUT2D eigenvalue weighted by atomic mass is 32.1. The van der Waals surface area contributed by atoms with E-state index in [9.17, 15) is 4.79 Å². The molecule has 0 bridgehead atoms. The van der Waals surface area contributed by atoms with E-state index in [4.69, 9.17) is 9.47 Å². The number of likely N-dealkylation sites (tertiary alicyclic amines) is 1. The lowest BCUT2D eigenvalue weighted by Crippen LogP contribution is -2.42. The first-order valence-electron chi connectivity index (χ1n) is 8.41. The van der Waals surface area contributed by atoms with E-state index in [1.807, 2.05) is 31.2 Å². The Bertz CT molecular complexity index is 672.